The van der Waals surface area contributed by atoms with Gasteiger partial charge in [-0.25, -0.2) is 0 Å². The average molecular weight is 191 g/mol. The van der Waals surface area contributed by atoms with E-state index < -0.39 is 0 Å². The smallest absolute Gasteiger partial charge is 0.0434 e. The molecule has 1 aromatic carbocycles. The van der Waals surface area contributed by atoms with Gasteiger partial charge in [0.2, 0.25) is 0 Å². The van der Waals surface area contributed by atoms with Crippen molar-refractivity contribution in [3.63, 3.8) is 0 Å². The number of aliphatic hydroxyl groups excluding tert-OH is 1. The molecule has 2 nitrogen and oxygen atoms in total. The summed E-state index contributed by atoms with van der Waals surface area (Å²) in [6.45, 7) is 0.834. The van der Waals surface area contributed by atoms with Crippen LogP contribution in [0.4, 0.5) is 0 Å². The van der Waals surface area contributed by atoms with Crippen molar-refractivity contribution in [3.05, 3.63) is 41.5 Å². The lowest BCUT2D eigenvalue weighted by molar-refractivity contribution is 0.288. The molecule has 0 saturated heterocycles. The largest absolute Gasteiger partial charge is 0.396 e. The maximum atomic E-state index is 8.67. The molecule has 0 aliphatic heterocycles. The third-order valence-corrected chi connectivity index (χ3v) is 2.05. The molecule has 14 heavy (non-hydrogen) atoms. The molecule has 0 aliphatic rings. The van der Waals surface area contributed by atoms with Gasteiger partial charge in [-0.1, -0.05) is 36.4 Å². The van der Waals surface area contributed by atoms with Gasteiger partial charge in [0.25, 0.3) is 0 Å². The predicted molar refractivity (Wildman–Crippen MR) is 59.9 cm³/mol. The Morgan fingerprint density at radius 1 is 1.21 bits per heavy atom. The summed E-state index contributed by atoms with van der Waals surface area (Å²) in [5.74, 6) is 0. The first-order chi connectivity index (χ1) is 6.86. The Morgan fingerprint density at radius 2 is 1.93 bits per heavy atom. The number of hydrogen-bond donors (Lipinski definition) is 2. The van der Waals surface area contributed by atoms with Crippen molar-refractivity contribution in [1.82, 2.24) is 0 Å². The average Bonchev–Trinajstić information content (AvgIpc) is 2.25. The van der Waals surface area contributed by atoms with E-state index in [0.29, 0.717) is 6.54 Å². The van der Waals surface area contributed by atoms with Crippen molar-refractivity contribution < 1.29 is 5.11 Å². The van der Waals surface area contributed by atoms with Crippen LogP contribution in [-0.2, 0) is 6.42 Å². The number of rotatable bonds is 5. The Bertz CT molecular complexity index is 277. The predicted octanol–water partition coefficient (Wildman–Crippen LogP) is 1.58. The van der Waals surface area contributed by atoms with Gasteiger partial charge in [0.05, 0.1) is 0 Å². The molecule has 0 unspecified atom stereocenters. The molecule has 0 aromatic heterocycles. The molecule has 0 saturated carbocycles. The lowest BCUT2D eigenvalue weighted by Gasteiger charge is -1.99. The third-order valence-electron chi connectivity index (χ3n) is 2.05. The minimum absolute atomic E-state index is 0.259. The number of aryl methyl sites for hydroxylation is 1. The summed E-state index contributed by atoms with van der Waals surface area (Å²) in [5, 5.41) is 8.67. The monoisotopic (exact) mass is 191 g/mol. The lowest BCUT2D eigenvalue weighted by Crippen LogP contribution is -1.92. The van der Waals surface area contributed by atoms with Gasteiger partial charge < -0.3 is 10.8 Å². The van der Waals surface area contributed by atoms with E-state index in [2.05, 4.69) is 24.3 Å². The molecule has 0 radical (unpaired) electrons. The summed E-state index contributed by atoms with van der Waals surface area (Å²) in [4.78, 5) is 0. The van der Waals surface area contributed by atoms with E-state index in [0.717, 1.165) is 12.8 Å². The van der Waals surface area contributed by atoms with Crippen LogP contribution in [0.5, 0.6) is 0 Å². The van der Waals surface area contributed by atoms with Gasteiger partial charge in [0, 0.05) is 13.2 Å². The third kappa shape index (κ3) is 3.73. The number of aliphatic hydroxyl groups is 1. The van der Waals surface area contributed by atoms with E-state index in [1.54, 1.807) is 0 Å². The molecular formula is C12H17NO. The van der Waals surface area contributed by atoms with Crippen molar-refractivity contribution in [2.75, 3.05) is 13.2 Å². The van der Waals surface area contributed by atoms with Crippen LogP contribution in [-0.4, -0.2) is 18.3 Å². The van der Waals surface area contributed by atoms with E-state index in [1.165, 1.54) is 11.1 Å². The van der Waals surface area contributed by atoms with Crippen LogP contribution in [0.25, 0.3) is 6.08 Å². The highest BCUT2D eigenvalue weighted by molar-refractivity contribution is 5.49. The molecule has 0 aliphatic carbocycles. The van der Waals surface area contributed by atoms with Crippen LogP contribution in [0.15, 0.2) is 30.3 Å². The van der Waals surface area contributed by atoms with Crippen LogP contribution >= 0.6 is 0 Å². The molecule has 2 heteroatoms. The maximum absolute atomic E-state index is 8.67. The maximum Gasteiger partial charge on any atom is 0.0434 e. The first-order valence-electron chi connectivity index (χ1n) is 4.93. The Hall–Kier alpha value is -1.12. The second kappa shape index (κ2) is 6.35. The molecule has 0 spiro atoms. The normalized spacial score (nSPS) is 11.0. The zero-order chi connectivity index (χ0) is 10.2. The summed E-state index contributed by atoms with van der Waals surface area (Å²) < 4.78 is 0. The fourth-order valence-electron chi connectivity index (χ4n) is 1.28. The zero-order valence-corrected chi connectivity index (χ0v) is 8.32. The van der Waals surface area contributed by atoms with Crippen LogP contribution in [0.3, 0.4) is 0 Å². The van der Waals surface area contributed by atoms with Crippen LogP contribution in [0.2, 0.25) is 0 Å². The minimum Gasteiger partial charge on any atom is -0.396 e. The molecule has 1 aromatic rings. The van der Waals surface area contributed by atoms with Crippen molar-refractivity contribution in [1.29, 1.82) is 0 Å². The van der Waals surface area contributed by atoms with E-state index >= 15 is 0 Å². The molecule has 3 N–H and O–H groups in total. The Morgan fingerprint density at radius 3 is 2.50 bits per heavy atom. The van der Waals surface area contributed by atoms with Crippen molar-refractivity contribution in [3.8, 4) is 0 Å². The summed E-state index contributed by atoms with van der Waals surface area (Å²) in [6, 6.07) is 8.31. The Balaban J connectivity index is 2.54. The number of benzene rings is 1. The molecular weight excluding hydrogens is 174 g/mol. The summed E-state index contributed by atoms with van der Waals surface area (Å²) >= 11 is 0. The lowest BCUT2D eigenvalue weighted by atomic mass is 10.1. The highest BCUT2D eigenvalue weighted by atomic mass is 16.2. The topological polar surface area (TPSA) is 46.2 Å². The van der Waals surface area contributed by atoms with Crippen LogP contribution < -0.4 is 5.73 Å². The minimum atomic E-state index is 0.259. The molecule has 0 heterocycles. The molecule has 0 fully saturated rings. The van der Waals surface area contributed by atoms with E-state index in [-0.39, 0.29) is 6.61 Å². The fourth-order valence-corrected chi connectivity index (χ4v) is 1.28. The van der Waals surface area contributed by atoms with E-state index in [1.807, 2.05) is 12.2 Å². The van der Waals surface area contributed by atoms with Gasteiger partial charge >= 0.3 is 0 Å². The quantitative estimate of drug-likeness (QED) is 0.742. The highest BCUT2D eigenvalue weighted by Crippen LogP contribution is 2.07. The Kier molecular flexibility index (Phi) is 4.97. The Labute approximate surface area is 85.1 Å². The first kappa shape index (κ1) is 11.0. The molecule has 0 bridgehead atoms. The standard InChI is InChI=1S/C12H17NO/c13-9-1-3-11-5-7-12(8-6-11)4-2-10-14/h1,3,5-8,14H,2,4,9-10,13H2. The fraction of sp³-hybridized carbons (Fsp3) is 0.333. The summed E-state index contributed by atoms with van der Waals surface area (Å²) in [7, 11) is 0. The van der Waals surface area contributed by atoms with Crippen molar-refractivity contribution >= 4 is 6.08 Å². The molecule has 76 valence electrons. The van der Waals surface area contributed by atoms with Gasteiger partial charge in [-0.15, -0.1) is 0 Å². The van der Waals surface area contributed by atoms with E-state index in [4.69, 9.17) is 10.8 Å². The van der Waals surface area contributed by atoms with E-state index in [9.17, 15) is 0 Å². The second-order valence-corrected chi connectivity index (χ2v) is 3.21. The summed E-state index contributed by atoms with van der Waals surface area (Å²) in [5.41, 5.74) is 7.79. The molecule has 0 amide bonds. The number of nitrogens with two attached hydrogens (primary N) is 1. The molecule has 1 rings (SSSR count). The van der Waals surface area contributed by atoms with Gasteiger partial charge in [0.15, 0.2) is 0 Å². The van der Waals surface area contributed by atoms with Gasteiger partial charge in [-0.2, -0.15) is 0 Å². The second-order valence-electron chi connectivity index (χ2n) is 3.21. The van der Waals surface area contributed by atoms with Gasteiger partial charge in [0.1, 0.15) is 0 Å². The number of hydrogen-bond acceptors (Lipinski definition) is 2. The van der Waals surface area contributed by atoms with Crippen LogP contribution in [0.1, 0.15) is 17.5 Å². The summed E-state index contributed by atoms with van der Waals surface area (Å²) in [6.07, 6.45) is 5.72. The first-order valence-corrected chi connectivity index (χ1v) is 4.93. The van der Waals surface area contributed by atoms with Gasteiger partial charge in [-0.05, 0) is 24.0 Å². The van der Waals surface area contributed by atoms with Crippen molar-refractivity contribution in [2.45, 2.75) is 12.8 Å². The zero-order valence-electron chi connectivity index (χ0n) is 8.32. The highest BCUT2D eigenvalue weighted by Gasteiger charge is 1.92. The van der Waals surface area contributed by atoms with Crippen LogP contribution in [0, 0.1) is 0 Å². The molecule has 0 atom stereocenters. The van der Waals surface area contributed by atoms with Gasteiger partial charge in [-0.3, -0.25) is 0 Å². The van der Waals surface area contributed by atoms with Crippen molar-refractivity contribution in [2.24, 2.45) is 5.73 Å². The SMILES string of the molecule is NCC=Cc1ccc(CCCO)cc1.